The van der Waals surface area contributed by atoms with E-state index in [4.69, 9.17) is 16.9 Å². The van der Waals surface area contributed by atoms with Gasteiger partial charge in [-0.05, 0) is 29.8 Å². The minimum absolute atomic E-state index is 0.104. The first-order valence-corrected chi connectivity index (χ1v) is 6.15. The molecule has 2 aromatic carbocycles. The lowest BCUT2D eigenvalue weighted by molar-refractivity contribution is -0.384. The van der Waals surface area contributed by atoms with Gasteiger partial charge in [0.05, 0.1) is 16.6 Å². The molecule has 0 bridgehead atoms. The maximum absolute atomic E-state index is 10.8. The summed E-state index contributed by atoms with van der Waals surface area (Å²) in [5, 5.41) is 22.8. The van der Waals surface area contributed by atoms with Crippen molar-refractivity contribution in [1.82, 2.24) is 0 Å². The maximum Gasteiger partial charge on any atom is 0.289 e. The fraction of sp³-hybridized carbons (Fsp3) is 0.0714. The first kappa shape index (κ1) is 13.8. The number of anilines is 1. The lowest BCUT2D eigenvalue weighted by atomic mass is 10.1. The van der Waals surface area contributed by atoms with Crippen LogP contribution in [0.4, 0.5) is 11.4 Å². The lowest BCUT2D eigenvalue weighted by Gasteiger charge is -2.07. The van der Waals surface area contributed by atoms with E-state index in [-0.39, 0.29) is 10.7 Å². The van der Waals surface area contributed by atoms with Crippen molar-refractivity contribution in [1.29, 1.82) is 5.26 Å². The topological polar surface area (TPSA) is 79.0 Å². The van der Waals surface area contributed by atoms with Gasteiger partial charge < -0.3 is 5.32 Å². The number of nitrogens with zero attached hydrogens (tertiary/aromatic N) is 2. The molecule has 0 radical (unpaired) electrons. The Bertz CT molecular complexity index is 695. The number of rotatable bonds is 4. The number of nitro groups is 1. The van der Waals surface area contributed by atoms with E-state index < -0.39 is 4.92 Å². The van der Waals surface area contributed by atoms with Gasteiger partial charge in [-0.15, -0.1) is 0 Å². The van der Waals surface area contributed by atoms with Crippen molar-refractivity contribution in [2.24, 2.45) is 0 Å². The van der Waals surface area contributed by atoms with Crippen molar-refractivity contribution >= 4 is 23.0 Å². The summed E-state index contributed by atoms with van der Waals surface area (Å²) in [4.78, 5) is 10.3. The van der Waals surface area contributed by atoms with Gasteiger partial charge in [-0.2, -0.15) is 5.26 Å². The molecule has 5 nitrogen and oxygen atoms in total. The fourth-order valence-electron chi connectivity index (χ4n) is 1.72. The van der Waals surface area contributed by atoms with Crippen molar-refractivity contribution in [3.05, 3.63) is 68.7 Å². The normalized spacial score (nSPS) is 9.80. The van der Waals surface area contributed by atoms with Crippen LogP contribution >= 0.6 is 11.6 Å². The van der Waals surface area contributed by atoms with Crippen LogP contribution in [-0.4, -0.2) is 4.92 Å². The zero-order chi connectivity index (χ0) is 14.5. The van der Waals surface area contributed by atoms with Crippen LogP contribution in [0.2, 0.25) is 5.02 Å². The number of halogens is 1. The Labute approximate surface area is 120 Å². The van der Waals surface area contributed by atoms with Crippen LogP contribution in [-0.2, 0) is 6.54 Å². The van der Waals surface area contributed by atoms with E-state index in [0.717, 1.165) is 5.56 Å². The molecular weight excluding hydrogens is 278 g/mol. The fourth-order valence-corrected chi connectivity index (χ4v) is 1.90. The van der Waals surface area contributed by atoms with Gasteiger partial charge in [0, 0.05) is 18.3 Å². The molecule has 0 saturated heterocycles. The largest absolute Gasteiger partial charge is 0.381 e. The SMILES string of the molecule is N#Cc1cccc(CNc2ccc(Cl)c([N+](=O)[O-])c2)c1. The van der Waals surface area contributed by atoms with Crippen molar-refractivity contribution in [2.45, 2.75) is 6.54 Å². The van der Waals surface area contributed by atoms with E-state index in [2.05, 4.69) is 11.4 Å². The summed E-state index contributed by atoms with van der Waals surface area (Å²) in [6.07, 6.45) is 0. The van der Waals surface area contributed by atoms with Crippen molar-refractivity contribution in [3.63, 3.8) is 0 Å². The third-order valence-electron chi connectivity index (χ3n) is 2.70. The molecule has 0 spiro atoms. The molecule has 2 rings (SSSR count). The highest BCUT2D eigenvalue weighted by Gasteiger charge is 2.12. The molecular formula is C14H10ClN3O2. The van der Waals surface area contributed by atoms with Crippen molar-refractivity contribution in [2.75, 3.05) is 5.32 Å². The molecule has 0 aliphatic heterocycles. The third kappa shape index (κ3) is 3.25. The minimum atomic E-state index is -0.524. The monoisotopic (exact) mass is 287 g/mol. The first-order chi connectivity index (χ1) is 9.60. The Morgan fingerprint density at radius 1 is 1.30 bits per heavy atom. The predicted molar refractivity (Wildman–Crippen MR) is 76.6 cm³/mol. The molecule has 2 aromatic rings. The van der Waals surface area contributed by atoms with E-state index in [0.29, 0.717) is 17.8 Å². The van der Waals surface area contributed by atoms with Crippen LogP contribution in [0.1, 0.15) is 11.1 Å². The second-order valence-electron chi connectivity index (χ2n) is 4.09. The molecule has 6 heteroatoms. The van der Waals surface area contributed by atoms with E-state index in [1.54, 1.807) is 24.3 Å². The summed E-state index contributed by atoms with van der Waals surface area (Å²) in [5.41, 5.74) is 1.96. The van der Waals surface area contributed by atoms with Crippen LogP contribution in [0.3, 0.4) is 0 Å². The lowest BCUT2D eigenvalue weighted by Crippen LogP contribution is -2.00. The molecule has 0 aliphatic carbocycles. The Kier molecular flexibility index (Phi) is 4.18. The van der Waals surface area contributed by atoms with Crippen LogP contribution in [0.15, 0.2) is 42.5 Å². The number of hydrogen-bond acceptors (Lipinski definition) is 4. The van der Waals surface area contributed by atoms with Gasteiger partial charge in [-0.25, -0.2) is 0 Å². The van der Waals surface area contributed by atoms with E-state index in [1.165, 1.54) is 12.1 Å². The third-order valence-corrected chi connectivity index (χ3v) is 3.02. The number of benzene rings is 2. The quantitative estimate of drug-likeness (QED) is 0.686. The highest BCUT2D eigenvalue weighted by molar-refractivity contribution is 6.32. The van der Waals surface area contributed by atoms with Crippen molar-refractivity contribution in [3.8, 4) is 6.07 Å². The number of nitrogens with one attached hydrogen (secondary N) is 1. The van der Waals surface area contributed by atoms with Gasteiger partial charge in [-0.3, -0.25) is 10.1 Å². The molecule has 0 heterocycles. The smallest absolute Gasteiger partial charge is 0.289 e. The highest BCUT2D eigenvalue weighted by Crippen LogP contribution is 2.27. The van der Waals surface area contributed by atoms with Gasteiger partial charge >= 0.3 is 0 Å². The van der Waals surface area contributed by atoms with Crippen molar-refractivity contribution < 1.29 is 4.92 Å². The summed E-state index contributed by atoms with van der Waals surface area (Å²) in [6, 6.07) is 13.7. The zero-order valence-electron chi connectivity index (χ0n) is 10.3. The Balaban J connectivity index is 2.13. The van der Waals surface area contributed by atoms with E-state index in [1.807, 2.05) is 6.07 Å². The van der Waals surface area contributed by atoms with Gasteiger partial charge in [0.2, 0.25) is 0 Å². The van der Waals surface area contributed by atoms with Crippen LogP contribution in [0.25, 0.3) is 0 Å². The van der Waals surface area contributed by atoms with Gasteiger partial charge in [0.1, 0.15) is 5.02 Å². The molecule has 0 amide bonds. The summed E-state index contributed by atoms with van der Waals surface area (Å²) < 4.78 is 0. The summed E-state index contributed by atoms with van der Waals surface area (Å²) in [5.74, 6) is 0. The molecule has 20 heavy (non-hydrogen) atoms. The predicted octanol–water partition coefficient (Wildman–Crippen LogP) is 3.73. The average Bonchev–Trinajstić information content (AvgIpc) is 2.46. The first-order valence-electron chi connectivity index (χ1n) is 5.77. The molecule has 0 aliphatic rings. The molecule has 100 valence electrons. The molecule has 0 aromatic heterocycles. The highest BCUT2D eigenvalue weighted by atomic mass is 35.5. The molecule has 0 unspecified atom stereocenters. The van der Waals surface area contributed by atoms with Crippen LogP contribution < -0.4 is 5.32 Å². The minimum Gasteiger partial charge on any atom is -0.381 e. The Hall–Kier alpha value is -2.58. The number of hydrogen-bond donors (Lipinski definition) is 1. The molecule has 0 fully saturated rings. The van der Waals surface area contributed by atoms with Gasteiger partial charge in [0.25, 0.3) is 5.69 Å². The maximum atomic E-state index is 10.8. The van der Waals surface area contributed by atoms with E-state index in [9.17, 15) is 10.1 Å². The second kappa shape index (κ2) is 6.04. The van der Waals surface area contributed by atoms with Gasteiger partial charge in [0.15, 0.2) is 0 Å². The second-order valence-corrected chi connectivity index (χ2v) is 4.50. The van der Waals surface area contributed by atoms with E-state index >= 15 is 0 Å². The summed E-state index contributed by atoms with van der Waals surface area (Å²) in [6.45, 7) is 0.467. The van der Waals surface area contributed by atoms with Crippen LogP contribution in [0.5, 0.6) is 0 Å². The Morgan fingerprint density at radius 3 is 2.80 bits per heavy atom. The number of nitro benzene ring substituents is 1. The molecule has 1 N–H and O–H groups in total. The Morgan fingerprint density at radius 2 is 2.10 bits per heavy atom. The average molecular weight is 288 g/mol. The summed E-state index contributed by atoms with van der Waals surface area (Å²) in [7, 11) is 0. The number of nitriles is 1. The standard InChI is InChI=1S/C14H10ClN3O2/c15-13-5-4-12(7-14(13)18(19)20)17-9-11-3-1-2-10(6-11)8-16/h1-7,17H,9H2. The van der Waals surface area contributed by atoms with Gasteiger partial charge in [-0.1, -0.05) is 23.7 Å². The molecule has 0 saturated carbocycles. The summed E-state index contributed by atoms with van der Waals surface area (Å²) >= 11 is 5.74. The zero-order valence-corrected chi connectivity index (χ0v) is 11.1. The van der Waals surface area contributed by atoms with Crippen LogP contribution in [0, 0.1) is 21.4 Å². The molecule has 0 atom stereocenters.